The van der Waals surface area contributed by atoms with Gasteiger partial charge in [0.05, 0.1) is 14.2 Å². The number of hydrogen-bond donors (Lipinski definition) is 1. The van der Waals surface area contributed by atoms with Crippen LogP contribution in [0, 0.1) is 6.92 Å². The Morgan fingerprint density at radius 1 is 1.10 bits per heavy atom. The third-order valence-electron chi connectivity index (χ3n) is 2.96. The second kappa shape index (κ2) is 7.39. The van der Waals surface area contributed by atoms with Gasteiger partial charge in [0.25, 0.3) is 0 Å². The number of aryl methyl sites for hydroxylation is 1. The summed E-state index contributed by atoms with van der Waals surface area (Å²) in [7, 11) is 3.28. The third kappa shape index (κ3) is 4.60. The first kappa shape index (κ1) is 16.6. The fraction of sp³-hybridized carbons (Fsp3) is 0.625. The van der Waals surface area contributed by atoms with E-state index < -0.39 is 0 Å². The maximum atomic E-state index is 6.13. The molecular formula is C16H27NO3. The molecule has 0 saturated carbocycles. The molecule has 1 rings (SSSR count). The minimum absolute atomic E-state index is 0.342. The van der Waals surface area contributed by atoms with Gasteiger partial charge in [-0.1, -0.05) is 6.92 Å². The molecule has 0 fully saturated rings. The van der Waals surface area contributed by atoms with Crippen LogP contribution < -0.4 is 19.5 Å². The van der Waals surface area contributed by atoms with E-state index in [9.17, 15) is 0 Å². The van der Waals surface area contributed by atoms with Gasteiger partial charge < -0.3 is 19.5 Å². The molecule has 0 unspecified atom stereocenters. The van der Waals surface area contributed by atoms with Crippen molar-refractivity contribution < 1.29 is 14.2 Å². The fourth-order valence-corrected chi connectivity index (χ4v) is 1.99. The average molecular weight is 281 g/mol. The average Bonchev–Trinajstić information content (AvgIpc) is 2.40. The number of rotatable bonds is 8. The van der Waals surface area contributed by atoms with Gasteiger partial charge in [-0.2, -0.15) is 0 Å². The zero-order chi connectivity index (χ0) is 15.2. The summed E-state index contributed by atoms with van der Waals surface area (Å²) < 4.78 is 17.0. The van der Waals surface area contributed by atoms with Gasteiger partial charge in [-0.15, -0.1) is 0 Å². The van der Waals surface area contributed by atoms with E-state index >= 15 is 0 Å². The van der Waals surface area contributed by atoms with Crippen molar-refractivity contribution in [3.05, 3.63) is 17.7 Å². The zero-order valence-electron chi connectivity index (χ0n) is 13.5. The van der Waals surface area contributed by atoms with Crippen LogP contribution in [0.2, 0.25) is 0 Å². The molecule has 0 aromatic heterocycles. The lowest BCUT2D eigenvalue weighted by Gasteiger charge is -2.28. The van der Waals surface area contributed by atoms with Crippen LogP contribution in [0.15, 0.2) is 12.1 Å². The second-order valence-electron chi connectivity index (χ2n) is 5.54. The Morgan fingerprint density at radius 2 is 1.65 bits per heavy atom. The summed E-state index contributed by atoms with van der Waals surface area (Å²) in [6.45, 7) is 9.99. The Hall–Kier alpha value is -1.42. The first-order valence-corrected chi connectivity index (χ1v) is 7.06. The summed E-state index contributed by atoms with van der Waals surface area (Å²) in [5.41, 5.74) is 0.735. The normalized spacial score (nSPS) is 11.3. The monoisotopic (exact) mass is 281 g/mol. The minimum Gasteiger partial charge on any atom is -0.493 e. The Bertz CT molecular complexity index is 405. The predicted octanol–water partition coefficient (Wildman–Crippen LogP) is 3.17. The Balaban J connectivity index is 2.94. The molecule has 0 heterocycles. The van der Waals surface area contributed by atoms with Crippen molar-refractivity contribution in [2.75, 3.05) is 27.3 Å². The summed E-state index contributed by atoms with van der Waals surface area (Å²) in [6, 6.07) is 3.90. The van der Waals surface area contributed by atoms with Gasteiger partial charge in [0.2, 0.25) is 5.75 Å². The maximum absolute atomic E-state index is 6.13. The highest BCUT2D eigenvalue weighted by Gasteiger charge is 2.24. The first-order chi connectivity index (χ1) is 9.43. The van der Waals surface area contributed by atoms with Crippen molar-refractivity contribution in [1.82, 2.24) is 5.32 Å². The van der Waals surface area contributed by atoms with E-state index in [-0.39, 0.29) is 5.60 Å². The molecule has 0 aliphatic carbocycles. The van der Waals surface area contributed by atoms with Crippen LogP contribution in [0.25, 0.3) is 0 Å². The highest BCUT2D eigenvalue weighted by molar-refractivity contribution is 5.53. The molecule has 4 nitrogen and oxygen atoms in total. The molecule has 0 amide bonds. The number of nitrogens with one attached hydrogen (secondary N) is 1. The Morgan fingerprint density at radius 3 is 2.10 bits per heavy atom. The van der Waals surface area contributed by atoms with Crippen LogP contribution in [0.4, 0.5) is 0 Å². The molecule has 20 heavy (non-hydrogen) atoms. The maximum Gasteiger partial charge on any atom is 0.204 e. The molecule has 0 aliphatic rings. The summed E-state index contributed by atoms with van der Waals surface area (Å²) in [5.74, 6) is 2.06. The van der Waals surface area contributed by atoms with Crippen molar-refractivity contribution >= 4 is 0 Å². The lowest BCUT2D eigenvalue weighted by atomic mass is 10.1. The van der Waals surface area contributed by atoms with Crippen molar-refractivity contribution in [2.24, 2.45) is 0 Å². The third-order valence-corrected chi connectivity index (χ3v) is 2.96. The molecule has 4 heteroatoms. The van der Waals surface area contributed by atoms with Crippen molar-refractivity contribution in [1.29, 1.82) is 0 Å². The molecule has 0 saturated heterocycles. The largest absolute Gasteiger partial charge is 0.493 e. The smallest absolute Gasteiger partial charge is 0.204 e. The molecule has 0 aliphatic heterocycles. The van der Waals surface area contributed by atoms with Crippen LogP contribution in [0.1, 0.15) is 32.8 Å². The fourth-order valence-electron chi connectivity index (χ4n) is 1.99. The van der Waals surface area contributed by atoms with Gasteiger partial charge in [-0.25, -0.2) is 0 Å². The van der Waals surface area contributed by atoms with Gasteiger partial charge in [0, 0.05) is 6.54 Å². The van der Waals surface area contributed by atoms with Crippen LogP contribution in [0.3, 0.4) is 0 Å². The number of benzene rings is 1. The highest BCUT2D eigenvalue weighted by atomic mass is 16.5. The van der Waals surface area contributed by atoms with E-state index in [0.29, 0.717) is 17.2 Å². The summed E-state index contributed by atoms with van der Waals surface area (Å²) in [5, 5.41) is 3.38. The van der Waals surface area contributed by atoms with Crippen LogP contribution >= 0.6 is 0 Å². The Labute approximate surface area is 122 Å². The predicted molar refractivity (Wildman–Crippen MR) is 82.2 cm³/mol. The molecular weight excluding hydrogens is 254 g/mol. The molecule has 0 bridgehead atoms. The Kier molecular flexibility index (Phi) is 6.14. The summed E-state index contributed by atoms with van der Waals surface area (Å²) in [6.07, 6.45) is 1.10. The van der Waals surface area contributed by atoms with Crippen LogP contribution in [-0.2, 0) is 0 Å². The molecule has 0 radical (unpaired) electrons. The lowest BCUT2D eigenvalue weighted by Crippen LogP contribution is -2.40. The van der Waals surface area contributed by atoms with Crippen molar-refractivity contribution in [3.8, 4) is 17.2 Å². The number of methoxy groups -OCH3 is 2. The first-order valence-electron chi connectivity index (χ1n) is 7.06. The molecule has 114 valence electrons. The van der Waals surface area contributed by atoms with E-state index in [4.69, 9.17) is 14.2 Å². The van der Waals surface area contributed by atoms with E-state index in [1.807, 2.05) is 32.9 Å². The molecule has 1 aromatic rings. The van der Waals surface area contributed by atoms with Crippen LogP contribution in [-0.4, -0.2) is 32.9 Å². The number of ether oxygens (including phenoxy) is 3. The molecule has 1 aromatic carbocycles. The van der Waals surface area contributed by atoms with Gasteiger partial charge in [-0.3, -0.25) is 0 Å². The number of hydrogen-bond acceptors (Lipinski definition) is 4. The van der Waals surface area contributed by atoms with E-state index in [1.165, 1.54) is 0 Å². The van der Waals surface area contributed by atoms with E-state index in [1.54, 1.807) is 14.2 Å². The standard InChI is InChI=1S/C16H27NO3/c1-7-8-17-11-16(3,4)20-15-13(18-5)9-12(2)10-14(15)19-6/h9-10,17H,7-8,11H2,1-6H3. The van der Waals surface area contributed by atoms with Gasteiger partial charge in [-0.05, 0) is 51.4 Å². The molecule has 0 spiro atoms. The topological polar surface area (TPSA) is 39.7 Å². The van der Waals surface area contributed by atoms with Crippen LogP contribution in [0.5, 0.6) is 17.2 Å². The lowest BCUT2D eigenvalue weighted by molar-refractivity contribution is 0.0992. The second-order valence-corrected chi connectivity index (χ2v) is 5.54. The summed E-state index contributed by atoms with van der Waals surface area (Å²) in [4.78, 5) is 0. The van der Waals surface area contributed by atoms with E-state index in [2.05, 4.69) is 12.2 Å². The van der Waals surface area contributed by atoms with Gasteiger partial charge >= 0.3 is 0 Å². The van der Waals surface area contributed by atoms with Crippen molar-refractivity contribution in [3.63, 3.8) is 0 Å². The zero-order valence-corrected chi connectivity index (χ0v) is 13.5. The SMILES string of the molecule is CCCNCC(C)(C)Oc1c(OC)cc(C)cc1OC. The van der Waals surface area contributed by atoms with Gasteiger partial charge in [0.1, 0.15) is 5.60 Å². The molecule has 0 atom stereocenters. The molecule has 1 N–H and O–H groups in total. The minimum atomic E-state index is -0.342. The summed E-state index contributed by atoms with van der Waals surface area (Å²) >= 11 is 0. The van der Waals surface area contributed by atoms with Gasteiger partial charge in [0.15, 0.2) is 11.5 Å². The quantitative estimate of drug-likeness (QED) is 0.743. The highest BCUT2D eigenvalue weighted by Crippen LogP contribution is 2.40. The van der Waals surface area contributed by atoms with Crippen molar-refractivity contribution in [2.45, 2.75) is 39.7 Å². The van der Waals surface area contributed by atoms with E-state index in [0.717, 1.165) is 25.1 Å².